The number of nitrogens with one attached hydrogen (secondary N) is 2. The van der Waals surface area contributed by atoms with Crippen LogP contribution >= 0.6 is 0 Å². The lowest BCUT2D eigenvalue weighted by Gasteiger charge is -2.24. The van der Waals surface area contributed by atoms with E-state index in [1.54, 1.807) is 10.9 Å². The molecule has 0 unspecified atom stereocenters. The Labute approximate surface area is 179 Å². The first-order valence-corrected chi connectivity index (χ1v) is 10.8. The summed E-state index contributed by atoms with van der Waals surface area (Å²) in [5.74, 6) is 1.57. The summed E-state index contributed by atoms with van der Waals surface area (Å²) in [6.45, 7) is 4.30. The highest BCUT2D eigenvalue weighted by Gasteiger charge is 2.24. The van der Waals surface area contributed by atoms with E-state index in [1.807, 2.05) is 23.0 Å². The fourth-order valence-corrected chi connectivity index (χ4v) is 4.55. The summed E-state index contributed by atoms with van der Waals surface area (Å²) in [5, 5.41) is 13.9. The summed E-state index contributed by atoms with van der Waals surface area (Å²) in [4.78, 5) is 13.1. The molecule has 8 nitrogen and oxygen atoms in total. The van der Waals surface area contributed by atoms with Crippen LogP contribution in [0.2, 0.25) is 0 Å². The molecule has 156 valence electrons. The third-order valence-corrected chi connectivity index (χ3v) is 6.14. The first-order chi connectivity index (χ1) is 15.2. The van der Waals surface area contributed by atoms with Crippen LogP contribution in [-0.2, 0) is 12.8 Å². The molecule has 0 radical (unpaired) electrons. The highest BCUT2D eigenvalue weighted by atomic mass is 15.4. The number of nitrogens with zero attached hydrogens (tertiary/aromatic N) is 6. The van der Waals surface area contributed by atoms with Crippen molar-refractivity contribution in [2.24, 2.45) is 0 Å². The van der Waals surface area contributed by atoms with E-state index in [-0.39, 0.29) is 6.04 Å². The zero-order valence-electron chi connectivity index (χ0n) is 17.6. The molecule has 0 amide bonds. The molecule has 31 heavy (non-hydrogen) atoms. The number of anilines is 1. The van der Waals surface area contributed by atoms with Crippen LogP contribution < -0.4 is 5.32 Å². The second kappa shape index (κ2) is 6.94. The normalized spacial score (nSPS) is 16.3. The number of hydrogen-bond acceptors (Lipinski definition) is 5. The maximum Gasteiger partial charge on any atom is 0.255 e. The Hall–Kier alpha value is -3.68. The van der Waals surface area contributed by atoms with Crippen LogP contribution in [-0.4, -0.2) is 40.4 Å². The van der Waals surface area contributed by atoms with E-state index in [0.717, 1.165) is 30.5 Å². The van der Waals surface area contributed by atoms with Crippen molar-refractivity contribution in [2.75, 3.05) is 5.32 Å². The predicted octanol–water partition coefficient (Wildman–Crippen LogP) is 3.88. The molecule has 4 aromatic heterocycles. The third kappa shape index (κ3) is 2.98. The van der Waals surface area contributed by atoms with Crippen molar-refractivity contribution in [3.8, 4) is 5.95 Å². The van der Waals surface area contributed by atoms with Gasteiger partial charge in [-0.1, -0.05) is 32.0 Å². The van der Waals surface area contributed by atoms with Gasteiger partial charge >= 0.3 is 0 Å². The van der Waals surface area contributed by atoms with Crippen LogP contribution in [0.1, 0.15) is 43.0 Å². The van der Waals surface area contributed by atoms with E-state index in [2.05, 4.69) is 58.6 Å². The van der Waals surface area contributed by atoms with E-state index in [9.17, 15) is 0 Å². The predicted molar refractivity (Wildman–Crippen MR) is 120 cm³/mol. The van der Waals surface area contributed by atoms with Crippen molar-refractivity contribution in [1.29, 1.82) is 0 Å². The second-order valence-electron chi connectivity index (χ2n) is 8.50. The summed E-state index contributed by atoms with van der Waals surface area (Å²) < 4.78 is 3.52. The molecule has 0 aliphatic heterocycles. The molecule has 4 heterocycles. The fourth-order valence-electron chi connectivity index (χ4n) is 4.55. The van der Waals surface area contributed by atoms with Crippen molar-refractivity contribution in [1.82, 2.24) is 34.3 Å². The minimum Gasteiger partial charge on any atom is -0.358 e. The molecule has 0 fully saturated rings. The summed E-state index contributed by atoms with van der Waals surface area (Å²) in [6, 6.07) is 10.7. The highest BCUT2D eigenvalue weighted by Crippen LogP contribution is 2.30. The van der Waals surface area contributed by atoms with Crippen LogP contribution in [0.4, 0.5) is 5.95 Å². The Morgan fingerprint density at radius 1 is 1.13 bits per heavy atom. The van der Waals surface area contributed by atoms with Crippen LogP contribution in [0.15, 0.2) is 48.9 Å². The molecule has 1 aliphatic carbocycles. The van der Waals surface area contributed by atoms with Crippen molar-refractivity contribution in [2.45, 2.75) is 45.1 Å². The lowest BCUT2D eigenvalue weighted by atomic mass is 9.91. The van der Waals surface area contributed by atoms with E-state index < -0.39 is 0 Å². The van der Waals surface area contributed by atoms with Gasteiger partial charge in [0.15, 0.2) is 5.65 Å². The summed E-state index contributed by atoms with van der Waals surface area (Å²) in [7, 11) is 0. The zero-order valence-corrected chi connectivity index (χ0v) is 17.6. The first-order valence-electron chi connectivity index (χ1n) is 10.8. The van der Waals surface area contributed by atoms with Crippen LogP contribution in [0.3, 0.4) is 0 Å². The Morgan fingerprint density at radius 2 is 2.03 bits per heavy atom. The van der Waals surface area contributed by atoms with Gasteiger partial charge in [0, 0.05) is 40.6 Å². The standard InChI is InChI=1S/C23H24N8/c1-14(2)18-13-25-31-21(18)28-22(30-11-5-10-24-30)29-23(31)26-15-8-9-20-17(12-15)16-6-3-4-7-19(16)27-20/h3-7,10-11,13-15,27H,8-9,12H2,1-2H3,(H,26,28,29)/t15-/m1/s1. The van der Waals surface area contributed by atoms with Gasteiger partial charge in [-0.05, 0) is 42.9 Å². The van der Waals surface area contributed by atoms with Crippen LogP contribution in [0.25, 0.3) is 22.5 Å². The molecule has 0 bridgehead atoms. The number of aryl methyl sites for hydroxylation is 1. The number of rotatable bonds is 4. The Morgan fingerprint density at radius 3 is 2.87 bits per heavy atom. The van der Waals surface area contributed by atoms with E-state index in [1.165, 1.54) is 22.2 Å². The Balaban J connectivity index is 1.40. The van der Waals surface area contributed by atoms with Gasteiger partial charge in [-0.25, -0.2) is 4.68 Å². The molecule has 1 aromatic carbocycles. The highest BCUT2D eigenvalue weighted by molar-refractivity contribution is 5.85. The minimum atomic E-state index is 0.266. The van der Waals surface area contributed by atoms with E-state index in [0.29, 0.717) is 17.8 Å². The van der Waals surface area contributed by atoms with Crippen LogP contribution in [0.5, 0.6) is 0 Å². The number of H-pyrrole nitrogens is 1. The zero-order chi connectivity index (χ0) is 20.9. The molecule has 1 atom stereocenters. The Kier molecular flexibility index (Phi) is 4.05. The number of para-hydroxylation sites is 1. The van der Waals surface area contributed by atoms with Crippen molar-refractivity contribution in [3.05, 3.63) is 65.7 Å². The average Bonchev–Trinajstić information content (AvgIpc) is 3.51. The Bertz CT molecular complexity index is 1380. The molecular weight excluding hydrogens is 388 g/mol. The SMILES string of the molecule is CC(C)c1cnn2c(N[C@@H]3CCc4[nH]c5ccccc5c4C3)nc(-n3cccn3)nc12. The molecule has 6 rings (SSSR count). The molecular formula is C23H24N8. The summed E-state index contributed by atoms with van der Waals surface area (Å²) in [6.07, 6.45) is 8.48. The van der Waals surface area contributed by atoms with Gasteiger partial charge < -0.3 is 10.3 Å². The van der Waals surface area contributed by atoms with Gasteiger partial charge in [0.1, 0.15) is 0 Å². The topological polar surface area (TPSA) is 88.7 Å². The summed E-state index contributed by atoms with van der Waals surface area (Å²) >= 11 is 0. The molecule has 0 saturated heterocycles. The van der Waals surface area contributed by atoms with Crippen molar-refractivity contribution in [3.63, 3.8) is 0 Å². The molecule has 0 saturated carbocycles. The molecule has 0 spiro atoms. The van der Waals surface area contributed by atoms with Gasteiger partial charge in [-0.2, -0.15) is 24.7 Å². The number of fused-ring (bicyclic) bond motifs is 4. The smallest absolute Gasteiger partial charge is 0.255 e. The molecule has 5 aromatic rings. The van der Waals surface area contributed by atoms with Crippen molar-refractivity contribution < 1.29 is 0 Å². The van der Waals surface area contributed by atoms with Gasteiger partial charge in [-0.3, -0.25) is 0 Å². The van der Waals surface area contributed by atoms with E-state index >= 15 is 0 Å². The third-order valence-electron chi connectivity index (χ3n) is 6.14. The van der Waals surface area contributed by atoms with Gasteiger partial charge in [-0.15, -0.1) is 0 Å². The average molecular weight is 413 g/mol. The van der Waals surface area contributed by atoms with Gasteiger partial charge in [0.05, 0.1) is 6.20 Å². The molecule has 2 N–H and O–H groups in total. The number of hydrogen-bond donors (Lipinski definition) is 2. The maximum absolute atomic E-state index is 4.79. The largest absolute Gasteiger partial charge is 0.358 e. The van der Waals surface area contributed by atoms with Gasteiger partial charge in [0.25, 0.3) is 5.95 Å². The van der Waals surface area contributed by atoms with Crippen LogP contribution in [0, 0.1) is 0 Å². The second-order valence-corrected chi connectivity index (χ2v) is 8.50. The fraction of sp³-hybridized carbons (Fsp3) is 0.304. The minimum absolute atomic E-state index is 0.266. The quantitative estimate of drug-likeness (QED) is 0.468. The number of aromatic nitrogens is 7. The summed E-state index contributed by atoms with van der Waals surface area (Å²) in [5.41, 5.74) is 5.89. The monoisotopic (exact) mass is 412 g/mol. The van der Waals surface area contributed by atoms with Crippen molar-refractivity contribution >= 4 is 22.5 Å². The molecule has 1 aliphatic rings. The van der Waals surface area contributed by atoms with E-state index in [4.69, 9.17) is 9.97 Å². The lowest BCUT2D eigenvalue weighted by molar-refractivity contribution is 0.598. The number of benzene rings is 1. The first kappa shape index (κ1) is 18.1. The lowest BCUT2D eigenvalue weighted by Crippen LogP contribution is -2.29. The number of aromatic amines is 1. The molecule has 8 heteroatoms. The maximum atomic E-state index is 4.79. The van der Waals surface area contributed by atoms with Gasteiger partial charge in [0.2, 0.25) is 5.95 Å².